The van der Waals surface area contributed by atoms with Gasteiger partial charge in [-0.05, 0) is 60.7 Å². The SMILES string of the molecule is COc1ccc([S+](c2ccc(Sc3ccccc3C(=O)c3ccccc3)cc2)c2c(F)c(F)c(F)c(F)c2F)cc1.F[B-](F)(F)F. The van der Waals surface area contributed by atoms with Gasteiger partial charge < -0.3 is 22.0 Å². The van der Waals surface area contributed by atoms with Crippen molar-refractivity contribution in [1.82, 2.24) is 0 Å². The van der Waals surface area contributed by atoms with Crippen molar-refractivity contribution in [2.24, 2.45) is 0 Å². The second-order valence-corrected chi connectivity index (χ2v) is 12.2. The van der Waals surface area contributed by atoms with Gasteiger partial charge in [-0.1, -0.05) is 54.2 Å². The summed E-state index contributed by atoms with van der Waals surface area (Å²) in [5.74, 6) is -9.66. The van der Waals surface area contributed by atoms with E-state index in [9.17, 15) is 35.2 Å². The number of benzene rings is 5. The first-order valence-electron chi connectivity index (χ1n) is 13.0. The van der Waals surface area contributed by atoms with Crippen LogP contribution in [0.15, 0.2) is 128 Å². The fourth-order valence-corrected chi connectivity index (χ4v) is 7.15. The minimum absolute atomic E-state index is 0.141. The Kier molecular flexibility index (Phi) is 11.2. The molecule has 238 valence electrons. The molecule has 5 aromatic rings. The molecule has 0 spiro atoms. The Bertz CT molecular complexity index is 1780. The van der Waals surface area contributed by atoms with Crippen molar-refractivity contribution in [3.63, 3.8) is 0 Å². The topological polar surface area (TPSA) is 26.3 Å². The minimum Gasteiger partial charge on any atom is -0.497 e. The standard InChI is InChI=1S/C32H20F5O2S2.BF4/c1-39-20-11-15-22(16-12-20)41(32-29(36)27(34)26(33)28(35)30(32)37)23-17-13-21(14-18-23)40-25-10-6-5-9-24(25)31(38)19-7-3-2-4-8-19;2-1(3,4)5/h2-18H,1H3;/q+1;-1. The Balaban J connectivity index is 0.000000892. The van der Waals surface area contributed by atoms with Crippen molar-refractivity contribution in [2.45, 2.75) is 24.5 Å². The zero-order valence-corrected chi connectivity index (χ0v) is 25.1. The summed E-state index contributed by atoms with van der Waals surface area (Å²) in [6, 6.07) is 28.6. The second-order valence-electron chi connectivity index (χ2n) is 9.14. The highest BCUT2D eigenvalue weighted by molar-refractivity contribution is 7.99. The maximum atomic E-state index is 15.0. The van der Waals surface area contributed by atoms with Crippen LogP contribution in [0.3, 0.4) is 0 Å². The van der Waals surface area contributed by atoms with Crippen molar-refractivity contribution < 1.29 is 48.7 Å². The third kappa shape index (κ3) is 8.29. The number of ether oxygens (including phenoxy) is 1. The highest BCUT2D eigenvalue weighted by atomic mass is 32.2. The summed E-state index contributed by atoms with van der Waals surface area (Å²) in [6.45, 7) is 0. The van der Waals surface area contributed by atoms with E-state index in [1.807, 2.05) is 18.2 Å². The lowest BCUT2D eigenvalue weighted by Crippen LogP contribution is -2.14. The number of methoxy groups -OCH3 is 1. The molecule has 0 aromatic heterocycles. The first kappa shape index (κ1) is 34.6. The van der Waals surface area contributed by atoms with E-state index < -0.39 is 52.1 Å². The molecule has 0 heterocycles. The van der Waals surface area contributed by atoms with Gasteiger partial charge in [0, 0.05) is 20.9 Å². The van der Waals surface area contributed by atoms with E-state index in [1.54, 1.807) is 72.8 Å². The van der Waals surface area contributed by atoms with E-state index in [0.29, 0.717) is 36.5 Å². The van der Waals surface area contributed by atoms with Gasteiger partial charge in [-0.3, -0.25) is 4.79 Å². The van der Waals surface area contributed by atoms with Gasteiger partial charge in [-0.2, -0.15) is 8.78 Å². The molecular formula is C32H20BF9O2S2. The molecule has 0 saturated heterocycles. The van der Waals surface area contributed by atoms with Crippen LogP contribution in [-0.4, -0.2) is 20.1 Å². The first-order chi connectivity index (χ1) is 21.8. The van der Waals surface area contributed by atoms with Crippen molar-refractivity contribution in [3.8, 4) is 5.75 Å². The van der Waals surface area contributed by atoms with Crippen molar-refractivity contribution in [1.29, 1.82) is 0 Å². The number of carbonyl (C=O) groups is 1. The number of carbonyl (C=O) groups excluding carboxylic acids is 1. The Morgan fingerprint density at radius 1 is 0.630 bits per heavy atom. The van der Waals surface area contributed by atoms with Gasteiger partial charge in [0.2, 0.25) is 34.0 Å². The van der Waals surface area contributed by atoms with Gasteiger partial charge in [0.1, 0.15) is 16.6 Å². The predicted octanol–water partition coefficient (Wildman–Crippen LogP) is 10.2. The van der Waals surface area contributed by atoms with Crippen LogP contribution in [0.5, 0.6) is 5.75 Å². The summed E-state index contributed by atoms with van der Waals surface area (Å²) in [7, 11) is -6.24. The molecule has 0 bridgehead atoms. The van der Waals surface area contributed by atoms with E-state index in [1.165, 1.54) is 31.0 Å². The summed E-state index contributed by atoms with van der Waals surface area (Å²) < 4.78 is 117. The van der Waals surface area contributed by atoms with Crippen molar-refractivity contribution in [2.75, 3.05) is 7.11 Å². The van der Waals surface area contributed by atoms with Crippen LogP contribution in [0.25, 0.3) is 0 Å². The number of hydrogen-bond acceptors (Lipinski definition) is 3. The monoisotopic (exact) mass is 682 g/mol. The third-order valence-corrected chi connectivity index (χ3v) is 9.46. The van der Waals surface area contributed by atoms with Gasteiger partial charge in [-0.25, -0.2) is 13.2 Å². The number of halogens is 9. The van der Waals surface area contributed by atoms with Crippen molar-refractivity contribution in [3.05, 3.63) is 143 Å². The average Bonchev–Trinajstić information content (AvgIpc) is 3.05. The van der Waals surface area contributed by atoms with Gasteiger partial charge in [0.25, 0.3) is 0 Å². The molecule has 1 atom stereocenters. The van der Waals surface area contributed by atoms with Crippen LogP contribution in [0.1, 0.15) is 15.9 Å². The van der Waals surface area contributed by atoms with Crippen molar-refractivity contribution >= 4 is 35.7 Å². The quantitative estimate of drug-likeness (QED) is 0.0407. The molecule has 5 rings (SSSR count). The summed E-state index contributed by atoms with van der Waals surface area (Å²) in [5, 5.41) is 0. The molecule has 46 heavy (non-hydrogen) atoms. The van der Waals surface area contributed by atoms with E-state index in [-0.39, 0.29) is 5.78 Å². The Labute approximate surface area is 264 Å². The number of hydrogen-bond donors (Lipinski definition) is 0. The van der Waals surface area contributed by atoms with Gasteiger partial charge in [-0.15, -0.1) is 0 Å². The Hall–Kier alpha value is -4.30. The van der Waals surface area contributed by atoms with Gasteiger partial charge in [0.05, 0.1) is 7.11 Å². The van der Waals surface area contributed by atoms with E-state index in [0.717, 1.165) is 0 Å². The molecular weight excluding hydrogens is 662 g/mol. The second kappa shape index (κ2) is 14.9. The van der Waals surface area contributed by atoms with E-state index in [4.69, 9.17) is 4.74 Å². The lowest BCUT2D eigenvalue weighted by molar-refractivity contribution is 0.103. The lowest BCUT2D eigenvalue weighted by Gasteiger charge is -2.12. The molecule has 0 aliphatic carbocycles. The molecule has 0 fully saturated rings. The molecule has 0 aliphatic heterocycles. The minimum atomic E-state index is -6.00. The van der Waals surface area contributed by atoms with Gasteiger partial charge >= 0.3 is 7.25 Å². The molecule has 1 unspecified atom stereocenters. The molecule has 0 amide bonds. The third-order valence-electron chi connectivity index (χ3n) is 6.12. The highest BCUT2D eigenvalue weighted by Crippen LogP contribution is 2.39. The Morgan fingerprint density at radius 3 is 1.61 bits per heavy atom. The molecule has 0 aliphatic rings. The average molecular weight is 682 g/mol. The van der Waals surface area contributed by atoms with Crippen LogP contribution in [-0.2, 0) is 10.9 Å². The fourth-order valence-electron chi connectivity index (χ4n) is 4.11. The lowest BCUT2D eigenvalue weighted by atomic mass is 10.0. The van der Waals surface area contributed by atoms with Gasteiger partial charge in [0.15, 0.2) is 15.6 Å². The summed E-state index contributed by atoms with van der Waals surface area (Å²) in [5.41, 5.74) is 1.05. The zero-order chi connectivity index (χ0) is 33.6. The summed E-state index contributed by atoms with van der Waals surface area (Å²) >= 11 is 1.32. The predicted molar refractivity (Wildman–Crippen MR) is 158 cm³/mol. The zero-order valence-electron chi connectivity index (χ0n) is 23.4. The normalized spacial score (nSPS) is 11.8. The molecule has 0 radical (unpaired) electrons. The summed E-state index contributed by atoms with van der Waals surface area (Å²) in [4.78, 5) is 14.3. The molecule has 2 nitrogen and oxygen atoms in total. The smallest absolute Gasteiger partial charge is 0.497 e. The maximum absolute atomic E-state index is 15.0. The first-order valence-corrected chi connectivity index (χ1v) is 15.1. The molecule has 0 N–H and O–H groups in total. The fraction of sp³-hybridized carbons (Fsp3) is 0.0312. The molecule has 0 saturated carbocycles. The largest absolute Gasteiger partial charge is 0.673 e. The molecule has 14 heteroatoms. The van der Waals surface area contributed by atoms with Crippen LogP contribution < -0.4 is 4.74 Å². The Morgan fingerprint density at radius 2 is 1.09 bits per heavy atom. The molecule has 5 aromatic carbocycles. The van der Waals surface area contributed by atoms with Crippen LogP contribution in [0.2, 0.25) is 0 Å². The number of rotatable bonds is 8. The van der Waals surface area contributed by atoms with E-state index in [2.05, 4.69) is 0 Å². The highest BCUT2D eigenvalue weighted by Gasteiger charge is 2.41. The van der Waals surface area contributed by atoms with Crippen LogP contribution in [0.4, 0.5) is 39.2 Å². The van der Waals surface area contributed by atoms with Crippen LogP contribution >= 0.6 is 11.8 Å². The van der Waals surface area contributed by atoms with Crippen LogP contribution in [0, 0.1) is 29.1 Å². The number of ketones is 1. The maximum Gasteiger partial charge on any atom is 0.673 e. The summed E-state index contributed by atoms with van der Waals surface area (Å²) in [6.07, 6.45) is 0. The van der Waals surface area contributed by atoms with E-state index >= 15 is 8.78 Å².